The molecule has 15 N–H and O–H groups in total. The van der Waals surface area contributed by atoms with Crippen molar-refractivity contribution < 1.29 is 29.1 Å². The molecule has 0 saturated carbocycles. The second kappa shape index (κ2) is 18.1. The van der Waals surface area contributed by atoms with Gasteiger partial charge in [0.05, 0.1) is 6.04 Å². The number of primary amides is 1. The largest absolute Gasteiger partial charge is 0.480 e. The quantitative estimate of drug-likeness (QED) is 0.0444. The minimum Gasteiger partial charge on any atom is -0.480 e. The standard InChI is InChI=1S/C28H44N10O6/c29-12-4-3-8-20(26(42)38-22(27(43)44)10-11-23(31)39)37-25(41)21(9-5-13-34-28(32)33)36-24(40)18(30)14-16-15-35-19-7-2-1-6-17(16)19/h1-2,6-7,15,18,20-22,35H,3-5,8-14,29-30H2,(H2,31,39)(H,36,40)(H,37,41)(H,38,42)(H,43,44)(H4,32,33,34). The predicted octanol–water partition coefficient (Wildman–Crippen LogP) is -1.98. The molecule has 0 bridgehead atoms. The predicted molar refractivity (Wildman–Crippen MR) is 165 cm³/mol. The van der Waals surface area contributed by atoms with Crippen LogP contribution in [0.25, 0.3) is 10.9 Å². The van der Waals surface area contributed by atoms with E-state index in [1.165, 1.54) is 0 Å². The average Bonchev–Trinajstić information content (AvgIpc) is 3.38. The maximum atomic E-state index is 13.5. The van der Waals surface area contributed by atoms with Gasteiger partial charge < -0.3 is 54.7 Å². The van der Waals surface area contributed by atoms with Gasteiger partial charge in [-0.05, 0) is 63.1 Å². The van der Waals surface area contributed by atoms with E-state index in [-0.39, 0.29) is 44.6 Å². The number of hydrogen-bond acceptors (Lipinski definition) is 8. The number of fused-ring (bicyclic) bond motifs is 1. The number of carboxylic acids is 1. The third-order valence-corrected chi connectivity index (χ3v) is 6.90. The molecule has 0 saturated heterocycles. The maximum Gasteiger partial charge on any atom is 0.326 e. The molecule has 44 heavy (non-hydrogen) atoms. The molecule has 4 unspecified atom stereocenters. The van der Waals surface area contributed by atoms with E-state index in [2.05, 4.69) is 25.9 Å². The second-order valence-corrected chi connectivity index (χ2v) is 10.4. The van der Waals surface area contributed by atoms with Crippen molar-refractivity contribution in [1.29, 1.82) is 0 Å². The summed E-state index contributed by atoms with van der Waals surface area (Å²) in [4.78, 5) is 69.6. The van der Waals surface area contributed by atoms with Gasteiger partial charge in [-0.25, -0.2) is 4.79 Å². The molecule has 4 amide bonds. The normalized spacial score (nSPS) is 13.7. The minimum absolute atomic E-state index is 0.113. The van der Waals surface area contributed by atoms with Crippen molar-refractivity contribution in [3.05, 3.63) is 36.0 Å². The molecular formula is C28H44N10O6. The minimum atomic E-state index is -1.40. The van der Waals surface area contributed by atoms with Crippen molar-refractivity contribution in [1.82, 2.24) is 20.9 Å². The number of aliphatic imine (C=N–C) groups is 1. The van der Waals surface area contributed by atoms with E-state index < -0.39 is 53.8 Å². The Bertz CT molecular complexity index is 1310. The van der Waals surface area contributed by atoms with Crippen LogP contribution in [0.4, 0.5) is 0 Å². The van der Waals surface area contributed by atoms with Crippen LogP contribution in [0.15, 0.2) is 35.5 Å². The second-order valence-electron chi connectivity index (χ2n) is 10.4. The highest BCUT2D eigenvalue weighted by atomic mass is 16.4. The zero-order valence-corrected chi connectivity index (χ0v) is 24.6. The van der Waals surface area contributed by atoms with Crippen LogP contribution >= 0.6 is 0 Å². The molecule has 16 heteroatoms. The smallest absolute Gasteiger partial charge is 0.326 e. The van der Waals surface area contributed by atoms with Gasteiger partial charge in [0.25, 0.3) is 0 Å². The fourth-order valence-corrected chi connectivity index (χ4v) is 4.53. The van der Waals surface area contributed by atoms with Crippen molar-refractivity contribution in [2.75, 3.05) is 13.1 Å². The van der Waals surface area contributed by atoms with Crippen LogP contribution < -0.4 is 44.6 Å². The van der Waals surface area contributed by atoms with Gasteiger partial charge in [-0.3, -0.25) is 24.2 Å². The molecule has 242 valence electrons. The molecule has 1 heterocycles. The number of aromatic amines is 1. The van der Waals surface area contributed by atoms with Crippen LogP contribution in [0.1, 0.15) is 50.5 Å². The summed E-state index contributed by atoms with van der Waals surface area (Å²) >= 11 is 0. The molecule has 0 radical (unpaired) electrons. The third-order valence-electron chi connectivity index (χ3n) is 6.90. The van der Waals surface area contributed by atoms with Gasteiger partial charge in [-0.2, -0.15) is 0 Å². The Morgan fingerprint density at radius 2 is 1.45 bits per heavy atom. The summed E-state index contributed by atoms with van der Waals surface area (Å²) < 4.78 is 0. The Morgan fingerprint density at radius 1 is 0.841 bits per heavy atom. The lowest BCUT2D eigenvalue weighted by Crippen LogP contribution is -2.57. The van der Waals surface area contributed by atoms with Crippen LogP contribution in [0, 0.1) is 0 Å². The lowest BCUT2D eigenvalue weighted by Gasteiger charge is -2.25. The molecule has 0 aliphatic heterocycles. The summed E-state index contributed by atoms with van der Waals surface area (Å²) in [6, 6.07) is 2.91. The first-order valence-electron chi connectivity index (χ1n) is 14.4. The Labute approximate surface area is 254 Å². The number of carbonyl (C=O) groups is 5. The summed E-state index contributed by atoms with van der Waals surface area (Å²) in [5, 5.41) is 18.1. The molecule has 4 atom stereocenters. The van der Waals surface area contributed by atoms with Gasteiger partial charge in [-0.1, -0.05) is 18.2 Å². The van der Waals surface area contributed by atoms with Crippen LogP contribution in [0.5, 0.6) is 0 Å². The van der Waals surface area contributed by atoms with Crippen LogP contribution in [0.2, 0.25) is 0 Å². The SMILES string of the molecule is NCCCCC(NC(=O)C(CCCN=C(N)N)NC(=O)C(N)Cc1c[nH]c2ccccc12)C(=O)NC(CCC(N)=O)C(=O)O. The van der Waals surface area contributed by atoms with E-state index in [1.807, 2.05) is 24.3 Å². The molecule has 2 rings (SSSR count). The lowest BCUT2D eigenvalue weighted by atomic mass is 10.0. The topological polar surface area (TPSA) is 300 Å². The van der Waals surface area contributed by atoms with Gasteiger partial charge in [0.1, 0.15) is 18.1 Å². The highest BCUT2D eigenvalue weighted by Crippen LogP contribution is 2.19. The van der Waals surface area contributed by atoms with Crippen LogP contribution in [-0.2, 0) is 30.4 Å². The van der Waals surface area contributed by atoms with Gasteiger partial charge in [0, 0.05) is 30.1 Å². The van der Waals surface area contributed by atoms with E-state index >= 15 is 0 Å². The van der Waals surface area contributed by atoms with E-state index in [9.17, 15) is 29.1 Å². The number of carboxylic acid groups (broad SMARTS) is 1. The van der Waals surface area contributed by atoms with E-state index in [0.29, 0.717) is 25.8 Å². The third kappa shape index (κ3) is 11.9. The highest BCUT2D eigenvalue weighted by Gasteiger charge is 2.30. The van der Waals surface area contributed by atoms with Crippen LogP contribution in [-0.4, -0.2) is 82.9 Å². The van der Waals surface area contributed by atoms with Crippen molar-refractivity contribution >= 4 is 46.5 Å². The van der Waals surface area contributed by atoms with Crippen LogP contribution in [0.3, 0.4) is 0 Å². The van der Waals surface area contributed by atoms with Crippen molar-refractivity contribution in [2.24, 2.45) is 33.7 Å². The number of nitrogens with one attached hydrogen (secondary N) is 4. The lowest BCUT2D eigenvalue weighted by molar-refractivity contribution is -0.142. The fraction of sp³-hybridized carbons (Fsp3) is 0.500. The number of hydrogen-bond donors (Lipinski definition) is 10. The molecular weight excluding hydrogens is 572 g/mol. The van der Waals surface area contributed by atoms with Gasteiger partial charge in [-0.15, -0.1) is 0 Å². The summed E-state index contributed by atoms with van der Waals surface area (Å²) in [6.45, 7) is 0.528. The average molecular weight is 617 g/mol. The molecule has 0 aliphatic rings. The summed E-state index contributed by atoms with van der Waals surface area (Å²) in [6.07, 6.45) is 3.05. The summed E-state index contributed by atoms with van der Waals surface area (Å²) in [7, 11) is 0. The number of benzene rings is 1. The molecule has 1 aromatic heterocycles. The zero-order chi connectivity index (χ0) is 32.6. The molecule has 0 spiro atoms. The monoisotopic (exact) mass is 616 g/mol. The number of nitrogens with two attached hydrogens (primary N) is 5. The molecule has 2 aromatic rings. The first kappa shape index (κ1) is 35.5. The fourth-order valence-electron chi connectivity index (χ4n) is 4.53. The first-order chi connectivity index (χ1) is 20.9. The summed E-state index contributed by atoms with van der Waals surface area (Å²) in [5.41, 5.74) is 29.4. The number of H-pyrrole nitrogens is 1. The number of aromatic nitrogens is 1. The van der Waals surface area contributed by atoms with E-state index in [1.54, 1.807) is 6.20 Å². The van der Waals surface area contributed by atoms with E-state index in [4.69, 9.17) is 28.7 Å². The number of nitrogens with zero attached hydrogens (tertiary/aromatic N) is 1. The number of carbonyl (C=O) groups excluding carboxylic acids is 4. The number of guanidine groups is 1. The zero-order valence-electron chi connectivity index (χ0n) is 24.6. The Kier molecular flexibility index (Phi) is 14.6. The van der Waals surface area contributed by atoms with Crippen molar-refractivity contribution in [3.8, 4) is 0 Å². The van der Waals surface area contributed by atoms with Gasteiger partial charge in [0.2, 0.25) is 23.6 Å². The van der Waals surface area contributed by atoms with Crippen molar-refractivity contribution in [3.63, 3.8) is 0 Å². The number of aliphatic carboxylic acids is 1. The number of amides is 4. The Hall–Kier alpha value is -4.70. The number of rotatable bonds is 20. The number of unbranched alkanes of at least 4 members (excludes halogenated alkanes) is 1. The highest BCUT2D eigenvalue weighted by molar-refractivity contribution is 5.94. The van der Waals surface area contributed by atoms with E-state index in [0.717, 1.165) is 16.5 Å². The molecule has 0 fully saturated rings. The Balaban J connectivity index is 2.18. The Morgan fingerprint density at radius 3 is 2.07 bits per heavy atom. The molecule has 16 nitrogen and oxygen atoms in total. The van der Waals surface area contributed by atoms with Crippen molar-refractivity contribution in [2.45, 2.75) is 75.5 Å². The summed E-state index contributed by atoms with van der Waals surface area (Å²) in [5.74, 6) is -4.25. The molecule has 0 aliphatic carbocycles. The van der Waals surface area contributed by atoms with Gasteiger partial charge in [0.15, 0.2) is 5.96 Å². The first-order valence-corrected chi connectivity index (χ1v) is 14.4. The molecule has 1 aromatic carbocycles. The van der Waals surface area contributed by atoms with Gasteiger partial charge >= 0.3 is 5.97 Å². The number of para-hydroxylation sites is 1. The maximum absolute atomic E-state index is 13.5.